The number of hydrogen-bond acceptors (Lipinski definition) is 4. The first kappa shape index (κ1) is 17.3. The molecule has 2 fully saturated rings. The maximum atomic E-state index is 12.4. The second-order valence-corrected chi connectivity index (χ2v) is 7.64. The number of aryl methyl sites for hydroxylation is 1. The zero-order valence-corrected chi connectivity index (χ0v) is 15.7. The molecule has 1 amide bonds. The van der Waals surface area contributed by atoms with E-state index >= 15 is 0 Å². The van der Waals surface area contributed by atoms with Crippen molar-refractivity contribution >= 4 is 22.5 Å². The number of aromatic nitrogens is 1. The van der Waals surface area contributed by atoms with E-state index in [0.717, 1.165) is 44.5 Å². The number of hydrogen-bond donors (Lipinski definition) is 1. The SMILES string of the molecule is CNCCN1C(=O)CC[C@H]2CN(c3ccnc4ccc(C)cc34)CC[C@H]21. The van der Waals surface area contributed by atoms with Crippen LogP contribution in [0.1, 0.15) is 24.8 Å². The van der Waals surface area contributed by atoms with Crippen molar-refractivity contribution < 1.29 is 4.79 Å². The third-order valence-electron chi connectivity index (χ3n) is 5.96. The number of amides is 1. The zero-order chi connectivity index (χ0) is 18.1. The lowest BCUT2D eigenvalue weighted by Crippen LogP contribution is -2.57. The van der Waals surface area contributed by atoms with E-state index in [9.17, 15) is 4.79 Å². The van der Waals surface area contributed by atoms with E-state index < -0.39 is 0 Å². The highest BCUT2D eigenvalue weighted by atomic mass is 16.2. The van der Waals surface area contributed by atoms with Crippen LogP contribution in [0.4, 0.5) is 5.69 Å². The minimum absolute atomic E-state index is 0.333. The molecule has 1 N–H and O–H groups in total. The first-order valence-corrected chi connectivity index (χ1v) is 9.72. The van der Waals surface area contributed by atoms with E-state index in [1.54, 1.807) is 0 Å². The number of pyridine rings is 1. The first-order valence-electron chi connectivity index (χ1n) is 9.72. The van der Waals surface area contributed by atoms with Crippen molar-refractivity contribution in [1.29, 1.82) is 0 Å². The fourth-order valence-electron chi connectivity index (χ4n) is 4.61. The predicted octanol–water partition coefficient (Wildman–Crippen LogP) is 2.58. The number of carbonyl (C=O) groups excluding carboxylic acids is 1. The highest BCUT2D eigenvalue weighted by Gasteiger charge is 2.39. The number of rotatable bonds is 4. The number of nitrogens with zero attached hydrogens (tertiary/aromatic N) is 3. The molecule has 0 saturated carbocycles. The molecule has 0 aliphatic carbocycles. The van der Waals surface area contributed by atoms with Gasteiger partial charge in [-0.05, 0) is 50.9 Å². The van der Waals surface area contributed by atoms with Crippen molar-refractivity contribution in [3.8, 4) is 0 Å². The van der Waals surface area contributed by atoms with Gasteiger partial charge >= 0.3 is 0 Å². The van der Waals surface area contributed by atoms with Crippen LogP contribution in [0.25, 0.3) is 10.9 Å². The lowest BCUT2D eigenvalue weighted by molar-refractivity contribution is -0.139. The van der Waals surface area contributed by atoms with E-state index in [-0.39, 0.29) is 0 Å². The minimum atomic E-state index is 0.333. The summed E-state index contributed by atoms with van der Waals surface area (Å²) in [5.41, 5.74) is 3.61. The van der Waals surface area contributed by atoms with Gasteiger partial charge in [0, 0.05) is 55.9 Å². The molecule has 0 spiro atoms. The average Bonchev–Trinajstić information content (AvgIpc) is 2.66. The van der Waals surface area contributed by atoms with E-state index in [4.69, 9.17) is 0 Å². The number of nitrogens with one attached hydrogen (secondary N) is 1. The molecular formula is C21H28N4O. The number of anilines is 1. The van der Waals surface area contributed by atoms with Crippen LogP contribution >= 0.6 is 0 Å². The lowest BCUT2D eigenvalue weighted by Gasteiger charge is -2.48. The molecule has 2 aliphatic rings. The lowest BCUT2D eigenvalue weighted by atomic mass is 9.83. The van der Waals surface area contributed by atoms with Gasteiger partial charge in [-0.25, -0.2) is 0 Å². The Labute approximate surface area is 155 Å². The third kappa shape index (κ3) is 3.16. The summed E-state index contributed by atoms with van der Waals surface area (Å²) in [7, 11) is 1.95. The van der Waals surface area contributed by atoms with Crippen LogP contribution in [0.2, 0.25) is 0 Å². The Balaban J connectivity index is 1.57. The van der Waals surface area contributed by atoms with Crippen LogP contribution in [-0.4, -0.2) is 55.1 Å². The number of benzene rings is 1. The van der Waals surface area contributed by atoms with Crippen LogP contribution in [0.15, 0.2) is 30.5 Å². The van der Waals surface area contributed by atoms with Gasteiger partial charge in [0.25, 0.3) is 0 Å². The van der Waals surface area contributed by atoms with Gasteiger partial charge in [-0.15, -0.1) is 0 Å². The van der Waals surface area contributed by atoms with Gasteiger partial charge in [0.1, 0.15) is 0 Å². The van der Waals surface area contributed by atoms with E-state index in [1.165, 1.54) is 16.6 Å². The van der Waals surface area contributed by atoms with Crippen LogP contribution in [0.3, 0.4) is 0 Å². The van der Waals surface area contributed by atoms with Crippen molar-refractivity contribution in [1.82, 2.24) is 15.2 Å². The predicted molar refractivity (Wildman–Crippen MR) is 105 cm³/mol. The number of likely N-dealkylation sites (tertiary alicyclic amines) is 1. The van der Waals surface area contributed by atoms with Gasteiger partial charge in [-0.2, -0.15) is 0 Å². The summed E-state index contributed by atoms with van der Waals surface area (Å²) in [5, 5.41) is 4.42. The normalized spacial score (nSPS) is 23.4. The molecular weight excluding hydrogens is 324 g/mol. The Morgan fingerprint density at radius 2 is 2.15 bits per heavy atom. The summed E-state index contributed by atoms with van der Waals surface area (Å²) in [6.45, 7) is 5.86. The first-order chi connectivity index (χ1) is 12.7. The highest BCUT2D eigenvalue weighted by Crippen LogP contribution is 2.35. The molecule has 138 valence electrons. The Kier molecular flexibility index (Phi) is 4.81. The Bertz CT molecular complexity index is 806. The Hall–Kier alpha value is -2.14. The molecule has 0 radical (unpaired) electrons. The van der Waals surface area contributed by atoms with Crippen molar-refractivity contribution in [2.45, 2.75) is 32.2 Å². The molecule has 4 rings (SSSR count). The highest BCUT2D eigenvalue weighted by molar-refractivity contribution is 5.92. The van der Waals surface area contributed by atoms with E-state index in [1.807, 2.05) is 13.2 Å². The number of piperidine rings is 2. The molecule has 2 aromatic rings. The van der Waals surface area contributed by atoms with Crippen LogP contribution in [0.5, 0.6) is 0 Å². The molecule has 2 atom stereocenters. The fourth-order valence-corrected chi connectivity index (χ4v) is 4.61. The molecule has 0 unspecified atom stereocenters. The maximum Gasteiger partial charge on any atom is 0.222 e. The minimum Gasteiger partial charge on any atom is -0.371 e. The van der Waals surface area contributed by atoms with Gasteiger partial charge in [-0.3, -0.25) is 9.78 Å². The van der Waals surface area contributed by atoms with E-state index in [0.29, 0.717) is 24.3 Å². The maximum absolute atomic E-state index is 12.4. The molecule has 0 bridgehead atoms. The quantitative estimate of drug-likeness (QED) is 0.919. The summed E-state index contributed by atoms with van der Waals surface area (Å²) >= 11 is 0. The molecule has 2 saturated heterocycles. The smallest absolute Gasteiger partial charge is 0.222 e. The van der Waals surface area contributed by atoms with Gasteiger partial charge in [-0.1, -0.05) is 11.6 Å². The van der Waals surface area contributed by atoms with Gasteiger partial charge in [0.15, 0.2) is 0 Å². The number of likely N-dealkylation sites (N-methyl/N-ethyl adjacent to an activating group) is 1. The Morgan fingerprint density at radius 1 is 1.27 bits per heavy atom. The summed E-state index contributed by atoms with van der Waals surface area (Å²) in [4.78, 5) is 21.6. The molecule has 26 heavy (non-hydrogen) atoms. The zero-order valence-electron chi connectivity index (χ0n) is 15.7. The average molecular weight is 352 g/mol. The largest absolute Gasteiger partial charge is 0.371 e. The van der Waals surface area contributed by atoms with Crippen molar-refractivity contribution in [3.05, 3.63) is 36.0 Å². The van der Waals surface area contributed by atoms with Crippen molar-refractivity contribution in [2.24, 2.45) is 5.92 Å². The number of fused-ring (bicyclic) bond motifs is 2. The summed E-state index contributed by atoms with van der Waals surface area (Å²) in [6.07, 6.45) is 4.67. The molecule has 5 heteroatoms. The fraction of sp³-hybridized carbons (Fsp3) is 0.524. The molecule has 3 heterocycles. The summed E-state index contributed by atoms with van der Waals surface area (Å²) in [5.74, 6) is 0.895. The van der Waals surface area contributed by atoms with Gasteiger partial charge < -0.3 is 15.1 Å². The van der Waals surface area contributed by atoms with Crippen LogP contribution in [-0.2, 0) is 4.79 Å². The van der Waals surface area contributed by atoms with Gasteiger partial charge in [0.2, 0.25) is 5.91 Å². The van der Waals surface area contributed by atoms with Crippen molar-refractivity contribution in [2.75, 3.05) is 38.1 Å². The monoisotopic (exact) mass is 352 g/mol. The van der Waals surface area contributed by atoms with Crippen LogP contribution < -0.4 is 10.2 Å². The second kappa shape index (κ2) is 7.23. The third-order valence-corrected chi connectivity index (χ3v) is 5.96. The topological polar surface area (TPSA) is 48.5 Å². The molecule has 1 aromatic heterocycles. The molecule has 5 nitrogen and oxygen atoms in total. The summed E-state index contributed by atoms with van der Waals surface area (Å²) in [6, 6.07) is 9.02. The summed E-state index contributed by atoms with van der Waals surface area (Å²) < 4.78 is 0. The van der Waals surface area contributed by atoms with Crippen molar-refractivity contribution in [3.63, 3.8) is 0 Å². The second-order valence-electron chi connectivity index (χ2n) is 7.64. The van der Waals surface area contributed by atoms with E-state index in [2.05, 4.69) is 51.3 Å². The van der Waals surface area contributed by atoms with Crippen LogP contribution in [0, 0.1) is 12.8 Å². The Morgan fingerprint density at radius 3 is 3.00 bits per heavy atom. The standard InChI is InChI=1S/C21H28N4O/c1-15-3-5-18-17(13-15)20(7-9-23-18)24-11-8-19-16(14-24)4-6-21(26)25(19)12-10-22-2/h3,5,7,9,13,16,19,22H,4,6,8,10-12,14H2,1-2H3/t16-,19+/m0/s1. The molecule has 2 aliphatic heterocycles. The van der Waals surface area contributed by atoms with Gasteiger partial charge in [0.05, 0.1) is 5.52 Å². The molecule has 1 aromatic carbocycles. The number of carbonyl (C=O) groups is 1.